The molecule has 16 heavy (non-hydrogen) atoms. The van der Waals surface area contributed by atoms with Crippen molar-refractivity contribution in [2.24, 2.45) is 0 Å². The molecule has 0 heterocycles. The van der Waals surface area contributed by atoms with Gasteiger partial charge in [-0.25, -0.2) is 0 Å². The Balaban J connectivity index is 2.79. The largest absolute Gasteiger partial charge is 0.492 e. The van der Waals surface area contributed by atoms with Crippen LogP contribution in [-0.4, -0.2) is 13.2 Å². The lowest BCUT2D eigenvalue weighted by Gasteiger charge is -2.10. The number of hydrogen-bond acceptors (Lipinski definition) is 2. The van der Waals surface area contributed by atoms with E-state index in [0.717, 1.165) is 26.8 Å². The first-order valence-corrected chi connectivity index (χ1v) is 6.52. The van der Waals surface area contributed by atoms with E-state index in [4.69, 9.17) is 11.2 Å². The molecule has 0 amide bonds. The van der Waals surface area contributed by atoms with Crippen molar-refractivity contribution < 1.29 is 4.74 Å². The second kappa shape index (κ2) is 6.95. The molecule has 1 aromatic carbocycles. The standard InChI is InChI=1S/C12H13Br2NO/c1-3-5-15-8-9-6-10(13)12(16-4-2)11(14)7-9/h1,6-7,15H,4-5,8H2,2H3. The minimum absolute atomic E-state index is 0.572. The zero-order chi connectivity index (χ0) is 12.0. The number of terminal acetylenes is 1. The van der Waals surface area contributed by atoms with Crippen LogP contribution in [0.4, 0.5) is 0 Å². The molecule has 0 radical (unpaired) electrons. The average Bonchev–Trinajstić information content (AvgIpc) is 2.24. The summed E-state index contributed by atoms with van der Waals surface area (Å²) in [4.78, 5) is 0. The highest BCUT2D eigenvalue weighted by molar-refractivity contribution is 9.11. The maximum Gasteiger partial charge on any atom is 0.147 e. The molecule has 1 aromatic rings. The van der Waals surface area contributed by atoms with Crippen LogP contribution in [-0.2, 0) is 6.54 Å². The van der Waals surface area contributed by atoms with Gasteiger partial charge in [0.1, 0.15) is 5.75 Å². The molecule has 0 aliphatic heterocycles. The summed E-state index contributed by atoms with van der Waals surface area (Å²) in [5.41, 5.74) is 1.15. The lowest BCUT2D eigenvalue weighted by Crippen LogP contribution is -2.13. The smallest absolute Gasteiger partial charge is 0.147 e. The fraction of sp³-hybridized carbons (Fsp3) is 0.333. The van der Waals surface area contributed by atoms with Gasteiger partial charge in [-0.1, -0.05) is 5.92 Å². The predicted octanol–water partition coefficient (Wildman–Crippen LogP) is 3.33. The van der Waals surface area contributed by atoms with Gasteiger partial charge >= 0.3 is 0 Å². The Morgan fingerprint density at radius 2 is 2.00 bits per heavy atom. The zero-order valence-electron chi connectivity index (χ0n) is 9.02. The molecule has 1 rings (SSSR count). The van der Waals surface area contributed by atoms with Gasteiger partial charge in [-0.3, -0.25) is 0 Å². The Morgan fingerprint density at radius 3 is 2.50 bits per heavy atom. The van der Waals surface area contributed by atoms with Gasteiger partial charge in [0, 0.05) is 6.54 Å². The topological polar surface area (TPSA) is 21.3 Å². The molecular weight excluding hydrogens is 334 g/mol. The SMILES string of the molecule is C#CCNCc1cc(Br)c(OCC)c(Br)c1. The first-order valence-electron chi connectivity index (χ1n) is 4.94. The Morgan fingerprint density at radius 1 is 1.38 bits per heavy atom. The predicted molar refractivity (Wildman–Crippen MR) is 73.6 cm³/mol. The third-order valence-electron chi connectivity index (χ3n) is 1.90. The van der Waals surface area contributed by atoms with Gasteiger partial charge in [0.05, 0.1) is 22.1 Å². The summed E-state index contributed by atoms with van der Waals surface area (Å²) in [6, 6.07) is 4.05. The molecule has 0 aliphatic rings. The lowest BCUT2D eigenvalue weighted by atomic mass is 10.2. The fourth-order valence-electron chi connectivity index (χ4n) is 1.28. The monoisotopic (exact) mass is 345 g/mol. The summed E-state index contributed by atoms with van der Waals surface area (Å²) in [6.45, 7) is 3.92. The summed E-state index contributed by atoms with van der Waals surface area (Å²) in [7, 11) is 0. The highest BCUT2D eigenvalue weighted by Crippen LogP contribution is 2.34. The number of halogens is 2. The Labute approximate surface area is 113 Å². The molecule has 0 atom stereocenters. The van der Waals surface area contributed by atoms with Gasteiger partial charge in [-0.15, -0.1) is 6.42 Å². The van der Waals surface area contributed by atoms with Crippen molar-refractivity contribution in [1.82, 2.24) is 5.32 Å². The fourth-order valence-corrected chi connectivity index (χ4v) is 2.79. The first kappa shape index (κ1) is 13.6. The lowest BCUT2D eigenvalue weighted by molar-refractivity contribution is 0.336. The van der Waals surface area contributed by atoms with Crippen LogP contribution in [0.15, 0.2) is 21.1 Å². The van der Waals surface area contributed by atoms with E-state index in [-0.39, 0.29) is 0 Å². The molecule has 0 bridgehead atoms. The maximum atomic E-state index is 5.50. The van der Waals surface area contributed by atoms with Gasteiger partial charge in [0.2, 0.25) is 0 Å². The molecule has 0 saturated heterocycles. The minimum atomic E-state index is 0.572. The van der Waals surface area contributed by atoms with E-state index in [1.807, 2.05) is 19.1 Å². The van der Waals surface area contributed by atoms with Crippen LogP contribution in [0.25, 0.3) is 0 Å². The van der Waals surface area contributed by atoms with Gasteiger partial charge in [-0.05, 0) is 56.5 Å². The average molecular weight is 347 g/mol. The van der Waals surface area contributed by atoms with Crippen LogP contribution in [0.1, 0.15) is 12.5 Å². The summed E-state index contributed by atoms with van der Waals surface area (Å²) in [5, 5.41) is 3.14. The van der Waals surface area contributed by atoms with Gasteiger partial charge in [0.15, 0.2) is 0 Å². The number of rotatable bonds is 5. The normalized spacial score (nSPS) is 9.88. The van der Waals surface area contributed by atoms with Crippen LogP contribution in [0, 0.1) is 12.3 Å². The van der Waals surface area contributed by atoms with Crippen LogP contribution < -0.4 is 10.1 Å². The van der Waals surface area contributed by atoms with E-state index in [2.05, 4.69) is 43.1 Å². The maximum absolute atomic E-state index is 5.50. The van der Waals surface area contributed by atoms with E-state index in [1.54, 1.807) is 0 Å². The Bertz CT molecular complexity index is 375. The number of hydrogen-bond donors (Lipinski definition) is 1. The highest BCUT2D eigenvalue weighted by Gasteiger charge is 2.08. The molecule has 0 aliphatic carbocycles. The van der Waals surface area contributed by atoms with Gasteiger partial charge in [0.25, 0.3) is 0 Å². The number of benzene rings is 1. The first-order chi connectivity index (χ1) is 7.69. The number of nitrogens with one attached hydrogen (secondary N) is 1. The minimum Gasteiger partial charge on any atom is -0.492 e. The summed E-state index contributed by atoms with van der Waals surface area (Å²) in [5.74, 6) is 3.38. The highest BCUT2D eigenvalue weighted by atomic mass is 79.9. The molecule has 2 nitrogen and oxygen atoms in total. The van der Waals surface area contributed by atoms with Crippen molar-refractivity contribution in [3.63, 3.8) is 0 Å². The molecule has 0 fully saturated rings. The molecule has 0 spiro atoms. The summed E-state index contributed by atoms with van der Waals surface area (Å²) in [6.07, 6.45) is 5.17. The second-order valence-corrected chi connectivity index (χ2v) is 4.84. The molecule has 0 saturated carbocycles. The van der Waals surface area contributed by atoms with Crippen molar-refractivity contribution in [2.45, 2.75) is 13.5 Å². The Hall–Kier alpha value is -0.500. The molecule has 4 heteroatoms. The van der Waals surface area contributed by atoms with Crippen molar-refractivity contribution in [3.8, 4) is 18.1 Å². The van der Waals surface area contributed by atoms with E-state index in [0.29, 0.717) is 13.2 Å². The van der Waals surface area contributed by atoms with E-state index in [9.17, 15) is 0 Å². The van der Waals surface area contributed by atoms with Crippen molar-refractivity contribution >= 4 is 31.9 Å². The quantitative estimate of drug-likeness (QED) is 0.652. The van der Waals surface area contributed by atoms with Gasteiger partial charge in [-0.2, -0.15) is 0 Å². The van der Waals surface area contributed by atoms with Crippen LogP contribution in [0.2, 0.25) is 0 Å². The van der Waals surface area contributed by atoms with Crippen LogP contribution in [0.5, 0.6) is 5.75 Å². The van der Waals surface area contributed by atoms with Crippen LogP contribution >= 0.6 is 31.9 Å². The number of ether oxygens (including phenoxy) is 1. The van der Waals surface area contributed by atoms with E-state index < -0.39 is 0 Å². The van der Waals surface area contributed by atoms with Gasteiger partial charge < -0.3 is 10.1 Å². The van der Waals surface area contributed by atoms with Crippen molar-refractivity contribution in [1.29, 1.82) is 0 Å². The zero-order valence-corrected chi connectivity index (χ0v) is 12.2. The molecule has 0 aromatic heterocycles. The molecule has 86 valence electrons. The van der Waals surface area contributed by atoms with Crippen molar-refractivity contribution in [2.75, 3.05) is 13.2 Å². The van der Waals surface area contributed by atoms with E-state index >= 15 is 0 Å². The van der Waals surface area contributed by atoms with Crippen LogP contribution in [0.3, 0.4) is 0 Å². The molecule has 0 unspecified atom stereocenters. The van der Waals surface area contributed by atoms with E-state index in [1.165, 1.54) is 0 Å². The van der Waals surface area contributed by atoms with Crippen molar-refractivity contribution in [3.05, 3.63) is 26.6 Å². The third kappa shape index (κ3) is 3.82. The summed E-state index contributed by atoms with van der Waals surface area (Å²) >= 11 is 6.97. The summed E-state index contributed by atoms with van der Waals surface area (Å²) < 4.78 is 7.39. The third-order valence-corrected chi connectivity index (χ3v) is 3.08. The second-order valence-electron chi connectivity index (χ2n) is 3.13. The Kier molecular flexibility index (Phi) is 5.89. The molecule has 1 N–H and O–H groups in total. The molecular formula is C12H13Br2NO.